The molecule has 3 aromatic rings. The minimum Gasteiger partial charge on any atom is -0.496 e. The van der Waals surface area contributed by atoms with Gasteiger partial charge in [-0.3, -0.25) is 9.48 Å². The van der Waals surface area contributed by atoms with Crippen LogP contribution >= 0.6 is 11.3 Å². The van der Waals surface area contributed by atoms with Gasteiger partial charge in [-0.25, -0.2) is 9.78 Å². The third-order valence-electron chi connectivity index (χ3n) is 6.73. The summed E-state index contributed by atoms with van der Waals surface area (Å²) in [4.78, 5) is 33.3. The molecule has 0 saturated carbocycles. The molecular weight excluding hydrogens is 480 g/mol. The first-order valence-corrected chi connectivity index (χ1v) is 12.6. The smallest absolute Gasteiger partial charge is 0.331 e. The van der Waals surface area contributed by atoms with Crippen molar-refractivity contribution in [2.24, 2.45) is 5.92 Å². The van der Waals surface area contributed by atoms with E-state index in [1.54, 1.807) is 55.7 Å². The van der Waals surface area contributed by atoms with E-state index in [1.807, 2.05) is 11.4 Å². The van der Waals surface area contributed by atoms with Crippen LogP contribution in [0.25, 0.3) is 0 Å². The minimum absolute atomic E-state index is 0.000370. The molecule has 1 fully saturated rings. The molecule has 0 aliphatic carbocycles. The molecule has 4 rings (SSSR count). The van der Waals surface area contributed by atoms with Gasteiger partial charge in [-0.1, -0.05) is 26.8 Å². The average molecular weight is 513 g/mol. The van der Waals surface area contributed by atoms with Crippen molar-refractivity contribution >= 4 is 23.2 Å². The summed E-state index contributed by atoms with van der Waals surface area (Å²) in [6.45, 7) is 6.50. The Hall–Kier alpha value is -3.24. The van der Waals surface area contributed by atoms with E-state index < -0.39 is 23.5 Å². The third-order valence-corrected chi connectivity index (χ3v) is 7.57. The van der Waals surface area contributed by atoms with Crippen LogP contribution in [0.3, 0.4) is 0 Å². The van der Waals surface area contributed by atoms with E-state index >= 15 is 0 Å². The zero-order valence-corrected chi connectivity index (χ0v) is 22.0. The summed E-state index contributed by atoms with van der Waals surface area (Å²) in [6, 6.07) is 6.49. The molecule has 1 aliphatic heterocycles. The number of carbonyl (C=O) groups excluding carboxylic acids is 1. The number of aromatic nitrogens is 3. The van der Waals surface area contributed by atoms with Crippen LogP contribution in [0.15, 0.2) is 48.2 Å². The lowest BCUT2D eigenvalue weighted by atomic mass is 9.85. The Kier molecular flexibility index (Phi) is 7.19. The highest BCUT2D eigenvalue weighted by atomic mass is 32.1. The standard InChI is InChI=1S/C26H32N4O5S/c1-25(2,3)19-8-7-17(13-20(19)35-5)23(31)30-21(22-27-10-12-36-22)18(15-34-4)14-26(30,24(32)33)16-29-11-6-9-28-29/h6-13,18,21H,14-16H2,1-5H3,(H,32,33)/t18-,21-,26-/m1/s1. The van der Waals surface area contributed by atoms with Gasteiger partial charge in [-0.05, 0) is 35.6 Å². The molecule has 1 N–H and O–H groups in total. The number of hydrogen-bond donors (Lipinski definition) is 1. The molecule has 1 amide bonds. The van der Waals surface area contributed by atoms with Crippen LogP contribution in [-0.4, -0.2) is 63.0 Å². The van der Waals surface area contributed by atoms with Crippen LogP contribution in [-0.2, 0) is 21.5 Å². The molecule has 0 spiro atoms. The largest absolute Gasteiger partial charge is 0.496 e. The fourth-order valence-corrected chi connectivity index (χ4v) is 5.96. The van der Waals surface area contributed by atoms with Gasteiger partial charge in [0.1, 0.15) is 10.8 Å². The van der Waals surface area contributed by atoms with E-state index in [1.165, 1.54) is 16.2 Å². The zero-order chi connectivity index (χ0) is 26.1. The summed E-state index contributed by atoms with van der Waals surface area (Å²) in [5, 5.41) is 17.4. The lowest BCUT2D eigenvalue weighted by molar-refractivity contribution is -0.150. The topological polar surface area (TPSA) is 107 Å². The summed E-state index contributed by atoms with van der Waals surface area (Å²) in [7, 11) is 3.15. The van der Waals surface area contributed by atoms with Crippen molar-refractivity contribution < 1.29 is 24.2 Å². The summed E-state index contributed by atoms with van der Waals surface area (Å²) in [5.74, 6) is -1.18. The quantitative estimate of drug-likeness (QED) is 0.486. The van der Waals surface area contributed by atoms with Crippen LogP contribution in [0.2, 0.25) is 0 Å². The number of aliphatic carboxylic acids is 1. The molecule has 10 heteroatoms. The Morgan fingerprint density at radius 3 is 2.58 bits per heavy atom. The van der Waals surface area contributed by atoms with Crippen LogP contribution in [0.1, 0.15) is 54.2 Å². The lowest BCUT2D eigenvalue weighted by Crippen LogP contribution is -2.56. The predicted octanol–water partition coefficient (Wildman–Crippen LogP) is 4.02. The number of thiazole rings is 1. The molecule has 0 bridgehead atoms. The Balaban J connectivity index is 1.88. The number of amides is 1. The molecule has 1 saturated heterocycles. The molecule has 0 radical (unpaired) electrons. The Morgan fingerprint density at radius 1 is 1.25 bits per heavy atom. The molecule has 36 heavy (non-hydrogen) atoms. The van der Waals surface area contributed by atoms with Crippen molar-refractivity contribution in [3.05, 3.63) is 64.4 Å². The maximum absolute atomic E-state index is 14.3. The molecule has 3 atom stereocenters. The first kappa shape index (κ1) is 25.8. The maximum atomic E-state index is 14.3. The van der Waals surface area contributed by atoms with Gasteiger partial charge in [0, 0.05) is 42.6 Å². The van der Waals surface area contributed by atoms with Crippen molar-refractivity contribution in [1.82, 2.24) is 19.7 Å². The number of methoxy groups -OCH3 is 2. The van der Waals surface area contributed by atoms with Gasteiger partial charge in [0.2, 0.25) is 0 Å². The first-order valence-electron chi connectivity index (χ1n) is 11.7. The van der Waals surface area contributed by atoms with Crippen molar-refractivity contribution in [2.75, 3.05) is 20.8 Å². The van der Waals surface area contributed by atoms with Crippen molar-refractivity contribution in [1.29, 1.82) is 0 Å². The monoisotopic (exact) mass is 512 g/mol. The van der Waals surface area contributed by atoms with Crippen molar-refractivity contribution in [3.8, 4) is 5.75 Å². The van der Waals surface area contributed by atoms with Crippen LogP contribution in [0.5, 0.6) is 5.75 Å². The number of benzene rings is 1. The Labute approximate surface area is 214 Å². The van der Waals surface area contributed by atoms with Crippen LogP contribution in [0.4, 0.5) is 0 Å². The summed E-state index contributed by atoms with van der Waals surface area (Å²) in [6.07, 6.45) is 5.17. The summed E-state index contributed by atoms with van der Waals surface area (Å²) >= 11 is 1.40. The summed E-state index contributed by atoms with van der Waals surface area (Å²) < 4.78 is 12.7. The van der Waals surface area contributed by atoms with E-state index in [9.17, 15) is 14.7 Å². The first-order chi connectivity index (χ1) is 17.1. The van der Waals surface area contributed by atoms with Gasteiger partial charge in [0.15, 0.2) is 5.54 Å². The van der Waals surface area contributed by atoms with Gasteiger partial charge in [0.05, 0.1) is 26.3 Å². The van der Waals surface area contributed by atoms with Gasteiger partial charge in [-0.2, -0.15) is 5.10 Å². The Morgan fingerprint density at radius 2 is 2.03 bits per heavy atom. The van der Waals surface area contributed by atoms with E-state index in [0.717, 1.165) is 5.56 Å². The third kappa shape index (κ3) is 4.62. The highest BCUT2D eigenvalue weighted by molar-refractivity contribution is 7.09. The van der Waals surface area contributed by atoms with E-state index in [-0.39, 0.29) is 30.9 Å². The highest BCUT2D eigenvalue weighted by Gasteiger charge is 2.60. The second-order valence-electron chi connectivity index (χ2n) is 10.1. The fraction of sp³-hybridized carbons (Fsp3) is 0.462. The normalized spacial score (nSPS) is 22.1. The van der Waals surface area contributed by atoms with Crippen molar-refractivity contribution in [2.45, 2.75) is 50.7 Å². The number of carboxylic acids is 1. The SMILES string of the molecule is COC[C@H]1C[C@@](Cn2cccn2)(C(=O)O)N(C(=O)c2ccc(C(C)(C)C)c(OC)c2)[C@H]1c1nccs1. The highest BCUT2D eigenvalue weighted by Crippen LogP contribution is 2.49. The minimum atomic E-state index is -1.56. The number of rotatable bonds is 8. The molecule has 0 unspecified atom stereocenters. The molecular formula is C26H32N4O5S. The number of carbonyl (C=O) groups is 2. The number of ether oxygens (including phenoxy) is 2. The zero-order valence-electron chi connectivity index (χ0n) is 21.2. The van der Waals surface area contributed by atoms with Crippen LogP contribution in [0, 0.1) is 5.92 Å². The summed E-state index contributed by atoms with van der Waals surface area (Å²) in [5.41, 5.74) is -0.444. The number of likely N-dealkylation sites (tertiary alicyclic amines) is 1. The second kappa shape index (κ2) is 10.0. The molecule has 1 aliphatic rings. The molecule has 1 aromatic carbocycles. The predicted molar refractivity (Wildman–Crippen MR) is 135 cm³/mol. The molecule has 3 heterocycles. The number of carboxylic acid groups (broad SMARTS) is 1. The van der Waals surface area contributed by atoms with Gasteiger partial charge in [-0.15, -0.1) is 11.3 Å². The van der Waals surface area contributed by atoms with Crippen molar-refractivity contribution in [3.63, 3.8) is 0 Å². The second-order valence-corrected chi connectivity index (χ2v) is 11.0. The lowest BCUT2D eigenvalue weighted by Gasteiger charge is -2.37. The molecule has 2 aromatic heterocycles. The molecule has 192 valence electrons. The van der Waals surface area contributed by atoms with E-state index in [4.69, 9.17) is 9.47 Å². The number of hydrogen-bond acceptors (Lipinski definition) is 7. The Bertz CT molecular complexity index is 1210. The van der Waals surface area contributed by atoms with E-state index in [0.29, 0.717) is 16.3 Å². The van der Waals surface area contributed by atoms with Crippen LogP contribution < -0.4 is 4.74 Å². The van der Waals surface area contributed by atoms with E-state index in [2.05, 4.69) is 30.9 Å². The average Bonchev–Trinajstić information content (AvgIpc) is 3.59. The molecule has 9 nitrogen and oxygen atoms in total. The van der Waals surface area contributed by atoms with Gasteiger partial charge in [0.25, 0.3) is 5.91 Å². The van der Waals surface area contributed by atoms with Gasteiger partial charge >= 0.3 is 5.97 Å². The van der Waals surface area contributed by atoms with Gasteiger partial charge < -0.3 is 19.5 Å². The number of nitrogens with zero attached hydrogens (tertiary/aromatic N) is 4. The fourth-order valence-electron chi connectivity index (χ4n) is 5.14. The maximum Gasteiger partial charge on any atom is 0.331 e.